The smallest absolute Gasteiger partial charge is 0.119 e. The number of aromatic nitrogens is 1. The van der Waals surface area contributed by atoms with E-state index in [1.165, 1.54) is 11.8 Å². The normalized spacial score (nSPS) is 9.94. The highest BCUT2D eigenvalue weighted by molar-refractivity contribution is 7.99. The molecular formula is C12H6Cl2N2S. The van der Waals surface area contributed by atoms with Crippen LogP contribution in [0.2, 0.25) is 10.0 Å². The highest BCUT2D eigenvalue weighted by Gasteiger charge is 2.08. The van der Waals surface area contributed by atoms with E-state index in [2.05, 4.69) is 11.1 Å². The summed E-state index contributed by atoms with van der Waals surface area (Å²) in [6.07, 6.45) is 1.64. The highest BCUT2D eigenvalue weighted by Crippen LogP contribution is 2.35. The van der Waals surface area contributed by atoms with E-state index in [9.17, 15) is 0 Å². The van der Waals surface area contributed by atoms with Crippen LogP contribution in [0.15, 0.2) is 46.5 Å². The molecule has 0 saturated heterocycles. The third kappa shape index (κ3) is 2.92. The predicted octanol–water partition coefficient (Wildman–Crippen LogP) is 4.41. The van der Waals surface area contributed by atoms with E-state index in [4.69, 9.17) is 28.5 Å². The van der Waals surface area contributed by atoms with Gasteiger partial charge in [-0.25, -0.2) is 4.98 Å². The van der Waals surface area contributed by atoms with Crippen molar-refractivity contribution in [2.24, 2.45) is 0 Å². The molecule has 0 aliphatic carbocycles. The summed E-state index contributed by atoms with van der Waals surface area (Å²) < 4.78 is 0. The summed E-state index contributed by atoms with van der Waals surface area (Å²) >= 11 is 13.3. The van der Waals surface area contributed by atoms with Gasteiger partial charge < -0.3 is 0 Å². The summed E-state index contributed by atoms with van der Waals surface area (Å²) in [7, 11) is 0. The van der Waals surface area contributed by atoms with Crippen molar-refractivity contribution in [3.05, 3.63) is 52.1 Å². The first-order valence-corrected chi connectivity index (χ1v) is 6.26. The Bertz CT molecular complexity index is 593. The van der Waals surface area contributed by atoms with Crippen molar-refractivity contribution in [3.63, 3.8) is 0 Å². The van der Waals surface area contributed by atoms with Gasteiger partial charge in [-0.2, -0.15) is 5.26 Å². The Morgan fingerprint density at radius 3 is 2.82 bits per heavy atom. The average molecular weight is 281 g/mol. The molecule has 0 aliphatic rings. The van der Waals surface area contributed by atoms with Gasteiger partial charge in [0.2, 0.25) is 0 Å². The summed E-state index contributed by atoms with van der Waals surface area (Å²) in [6, 6.07) is 10.7. The molecule has 0 atom stereocenters. The monoisotopic (exact) mass is 280 g/mol. The Morgan fingerprint density at radius 1 is 1.24 bits per heavy atom. The Kier molecular flexibility index (Phi) is 3.90. The van der Waals surface area contributed by atoms with Crippen LogP contribution >= 0.6 is 35.0 Å². The lowest BCUT2D eigenvalue weighted by molar-refractivity contribution is 1.11. The second-order valence-electron chi connectivity index (χ2n) is 3.14. The Hall–Kier alpha value is -1.21. The van der Waals surface area contributed by atoms with Crippen molar-refractivity contribution in [2.75, 3.05) is 0 Å². The highest BCUT2D eigenvalue weighted by atomic mass is 35.5. The number of rotatable bonds is 2. The third-order valence-corrected chi connectivity index (χ3v) is 3.74. The second-order valence-corrected chi connectivity index (χ2v) is 5.02. The van der Waals surface area contributed by atoms with Crippen LogP contribution in [0, 0.1) is 11.3 Å². The lowest BCUT2D eigenvalue weighted by Crippen LogP contribution is -1.85. The van der Waals surface area contributed by atoms with E-state index in [0.717, 1.165) is 4.90 Å². The summed E-state index contributed by atoms with van der Waals surface area (Å²) in [6.45, 7) is 0. The Labute approximate surface area is 113 Å². The fourth-order valence-electron chi connectivity index (χ4n) is 1.22. The quantitative estimate of drug-likeness (QED) is 0.818. The molecular weight excluding hydrogens is 275 g/mol. The minimum Gasteiger partial charge on any atom is -0.248 e. The SMILES string of the molecule is N#Cc1cccnc1Sc1cc(Cl)ccc1Cl. The zero-order valence-electron chi connectivity index (χ0n) is 8.52. The van der Waals surface area contributed by atoms with E-state index < -0.39 is 0 Å². The number of nitriles is 1. The van der Waals surface area contributed by atoms with Gasteiger partial charge in [0, 0.05) is 16.1 Å². The molecule has 0 bridgehead atoms. The van der Waals surface area contributed by atoms with Crippen LogP contribution < -0.4 is 0 Å². The minimum absolute atomic E-state index is 0.522. The molecule has 0 aliphatic heterocycles. The third-order valence-electron chi connectivity index (χ3n) is 1.99. The van der Waals surface area contributed by atoms with E-state index >= 15 is 0 Å². The lowest BCUT2D eigenvalue weighted by Gasteiger charge is -2.05. The molecule has 2 aromatic rings. The predicted molar refractivity (Wildman–Crippen MR) is 69.5 cm³/mol. The number of halogens is 2. The largest absolute Gasteiger partial charge is 0.248 e. The zero-order chi connectivity index (χ0) is 12.3. The van der Waals surface area contributed by atoms with Gasteiger partial charge in [0.05, 0.1) is 10.6 Å². The second kappa shape index (κ2) is 5.42. The van der Waals surface area contributed by atoms with Gasteiger partial charge in [-0.05, 0) is 30.3 Å². The molecule has 0 saturated carbocycles. The average Bonchev–Trinajstić information content (AvgIpc) is 2.34. The fraction of sp³-hybridized carbons (Fsp3) is 0. The molecule has 1 aromatic carbocycles. The van der Waals surface area contributed by atoms with Crippen molar-refractivity contribution in [2.45, 2.75) is 9.92 Å². The van der Waals surface area contributed by atoms with Crippen molar-refractivity contribution in [1.82, 2.24) is 4.98 Å². The van der Waals surface area contributed by atoms with Crippen molar-refractivity contribution in [3.8, 4) is 6.07 Å². The molecule has 1 aromatic heterocycles. The number of pyridine rings is 1. The van der Waals surface area contributed by atoms with Crippen LogP contribution in [0.3, 0.4) is 0 Å². The van der Waals surface area contributed by atoms with Gasteiger partial charge in [0.1, 0.15) is 11.1 Å². The molecule has 0 N–H and O–H groups in total. The van der Waals surface area contributed by atoms with E-state index in [0.29, 0.717) is 20.6 Å². The summed E-state index contributed by atoms with van der Waals surface area (Å²) in [5.41, 5.74) is 0.522. The fourth-order valence-corrected chi connectivity index (χ4v) is 2.58. The molecule has 0 fully saturated rings. The van der Waals surface area contributed by atoms with Crippen LogP contribution in [0.5, 0.6) is 0 Å². The van der Waals surface area contributed by atoms with E-state index in [1.807, 2.05) is 0 Å². The lowest BCUT2D eigenvalue weighted by atomic mass is 10.3. The van der Waals surface area contributed by atoms with Gasteiger partial charge in [0.15, 0.2) is 0 Å². The first-order valence-electron chi connectivity index (χ1n) is 4.69. The van der Waals surface area contributed by atoms with Crippen LogP contribution in [0.1, 0.15) is 5.56 Å². The molecule has 5 heteroatoms. The standard InChI is InChI=1S/C12H6Cl2N2S/c13-9-3-4-10(14)11(6-9)17-12-8(7-15)2-1-5-16-12/h1-6H. The van der Waals surface area contributed by atoms with E-state index in [1.54, 1.807) is 36.5 Å². The first-order chi connectivity index (χ1) is 8.20. The van der Waals surface area contributed by atoms with Crippen LogP contribution in [0.4, 0.5) is 0 Å². The van der Waals surface area contributed by atoms with Gasteiger partial charge >= 0.3 is 0 Å². The van der Waals surface area contributed by atoms with Crippen molar-refractivity contribution >= 4 is 35.0 Å². The molecule has 0 amide bonds. The van der Waals surface area contributed by atoms with Gasteiger partial charge in [-0.15, -0.1) is 0 Å². The molecule has 0 radical (unpaired) electrons. The zero-order valence-corrected chi connectivity index (χ0v) is 10.9. The summed E-state index contributed by atoms with van der Waals surface area (Å²) in [4.78, 5) is 4.94. The number of benzene rings is 1. The topological polar surface area (TPSA) is 36.7 Å². The molecule has 0 unspecified atom stereocenters. The van der Waals surface area contributed by atoms with Crippen molar-refractivity contribution < 1.29 is 0 Å². The van der Waals surface area contributed by atoms with Gasteiger partial charge in [0.25, 0.3) is 0 Å². The van der Waals surface area contributed by atoms with Gasteiger partial charge in [-0.1, -0.05) is 35.0 Å². The minimum atomic E-state index is 0.522. The molecule has 17 heavy (non-hydrogen) atoms. The van der Waals surface area contributed by atoms with E-state index in [-0.39, 0.29) is 0 Å². The maximum atomic E-state index is 8.96. The van der Waals surface area contributed by atoms with Gasteiger partial charge in [-0.3, -0.25) is 0 Å². The molecule has 84 valence electrons. The van der Waals surface area contributed by atoms with Crippen molar-refractivity contribution in [1.29, 1.82) is 5.26 Å². The van der Waals surface area contributed by atoms with Crippen LogP contribution in [0.25, 0.3) is 0 Å². The first kappa shape index (κ1) is 12.3. The number of nitrogens with zero attached hydrogens (tertiary/aromatic N) is 2. The molecule has 0 spiro atoms. The summed E-state index contributed by atoms with van der Waals surface area (Å²) in [5.74, 6) is 0. The molecule has 2 rings (SSSR count). The Balaban J connectivity index is 2.38. The van der Waals surface area contributed by atoms with Crippen LogP contribution in [-0.2, 0) is 0 Å². The molecule has 2 nitrogen and oxygen atoms in total. The number of hydrogen-bond donors (Lipinski definition) is 0. The van der Waals surface area contributed by atoms with Crippen LogP contribution in [-0.4, -0.2) is 4.98 Å². The Morgan fingerprint density at radius 2 is 2.06 bits per heavy atom. The summed E-state index contributed by atoms with van der Waals surface area (Å²) in [5, 5.41) is 10.8. The molecule has 1 heterocycles. The maximum Gasteiger partial charge on any atom is 0.119 e. The number of hydrogen-bond acceptors (Lipinski definition) is 3. The maximum absolute atomic E-state index is 8.96.